The van der Waals surface area contributed by atoms with Gasteiger partial charge in [-0.2, -0.15) is 36.5 Å². The molecule has 0 saturated heterocycles. The molecule has 0 spiro atoms. The highest BCUT2D eigenvalue weighted by molar-refractivity contribution is 7.91. The third kappa shape index (κ3) is 4.27. The van der Waals surface area contributed by atoms with Gasteiger partial charge >= 0.3 is 12.4 Å². The molecule has 0 radical (unpaired) electrons. The van der Waals surface area contributed by atoms with Crippen LogP contribution in [-0.4, -0.2) is 43.5 Å². The molecule has 0 saturated carbocycles. The average Bonchev–Trinajstić information content (AvgIpc) is 3.40. The van der Waals surface area contributed by atoms with Gasteiger partial charge in [0, 0.05) is 18.5 Å². The van der Waals surface area contributed by atoms with Gasteiger partial charge in [-0.1, -0.05) is 6.92 Å². The molecule has 4 heterocycles. The lowest BCUT2D eigenvalue weighted by molar-refractivity contribution is -0.142. The third-order valence-electron chi connectivity index (χ3n) is 4.53. The van der Waals surface area contributed by atoms with Gasteiger partial charge in [-0.15, -0.1) is 0 Å². The summed E-state index contributed by atoms with van der Waals surface area (Å²) in [6, 6.07) is 4.89. The second-order valence-corrected chi connectivity index (χ2v) is 8.95. The maximum absolute atomic E-state index is 13.0. The number of aromatic nitrogens is 6. The maximum Gasteiger partial charge on any atom is 0.435 e. The molecule has 0 aliphatic rings. The highest BCUT2D eigenvalue weighted by atomic mass is 32.2. The van der Waals surface area contributed by atoms with E-state index in [9.17, 15) is 34.8 Å². The van der Waals surface area contributed by atoms with Crippen LogP contribution in [0.4, 0.5) is 26.3 Å². The van der Waals surface area contributed by atoms with Crippen molar-refractivity contribution in [2.24, 2.45) is 0 Å². The van der Waals surface area contributed by atoms with Gasteiger partial charge in [0.05, 0.1) is 16.3 Å². The number of hydrogen-bond acceptors (Lipinski definition) is 6. The molecular weight excluding hydrogens is 478 g/mol. The van der Waals surface area contributed by atoms with Crippen LogP contribution in [0.2, 0.25) is 0 Å². The number of sulfone groups is 1. The van der Waals surface area contributed by atoms with Crippen molar-refractivity contribution in [3.05, 3.63) is 54.1 Å². The normalized spacial score (nSPS) is 13.1. The average molecular weight is 490 g/mol. The summed E-state index contributed by atoms with van der Waals surface area (Å²) in [5.74, 6) is -0.476. The Morgan fingerprint density at radius 1 is 0.879 bits per heavy atom. The standard InChI is InChI=1S/C18H12F6N6O2S/c1-2-33(31,32)11-3-4-14(29-8-6-12(27-29)17(19,20)21)26-16(11)10-5-7-30-15(25-10)9-13(28-30)18(22,23)24/h3-9H,2H2,1H3. The number of pyridine rings is 1. The summed E-state index contributed by atoms with van der Waals surface area (Å²) in [5.41, 5.74) is -2.99. The van der Waals surface area contributed by atoms with Crippen molar-refractivity contribution in [1.82, 2.24) is 29.4 Å². The topological polar surface area (TPSA) is 95.0 Å². The molecule has 8 nitrogen and oxygen atoms in total. The van der Waals surface area contributed by atoms with Gasteiger partial charge in [-0.3, -0.25) is 0 Å². The zero-order valence-corrected chi connectivity index (χ0v) is 17.2. The molecule has 174 valence electrons. The molecule has 4 rings (SSSR count). The molecule has 15 heteroatoms. The van der Waals surface area contributed by atoms with Crippen molar-refractivity contribution in [1.29, 1.82) is 0 Å². The van der Waals surface area contributed by atoms with Gasteiger partial charge in [0.25, 0.3) is 0 Å². The highest BCUT2D eigenvalue weighted by Crippen LogP contribution is 2.31. The Hall–Kier alpha value is -3.49. The molecule has 0 N–H and O–H groups in total. The van der Waals surface area contributed by atoms with Crippen LogP contribution >= 0.6 is 0 Å². The minimum absolute atomic E-state index is 0.117. The van der Waals surface area contributed by atoms with Crippen LogP contribution in [0.5, 0.6) is 0 Å². The van der Waals surface area contributed by atoms with Gasteiger partial charge in [0.2, 0.25) is 0 Å². The van der Waals surface area contributed by atoms with Crippen LogP contribution in [0.15, 0.2) is 47.6 Å². The van der Waals surface area contributed by atoms with E-state index in [4.69, 9.17) is 0 Å². The fourth-order valence-corrected chi connectivity index (χ4v) is 3.94. The van der Waals surface area contributed by atoms with Gasteiger partial charge in [0.1, 0.15) is 5.69 Å². The first kappa shape index (κ1) is 22.7. The van der Waals surface area contributed by atoms with Crippen LogP contribution < -0.4 is 0 Å². The van der Waals surface area contributed by atoms with Crippen LogP contribution in [0, 0.1) is 0 Å². The van der Waals surface area contributed by atoms with E-state index in [1.807, 2.05) is 0 Å². The van der Waals surface area contributed by atoms with E-state index >= 15 is 0 Å². The molecule has 0 amide bonds. The summed E-state index contributed by atoms with van der Waals surface area (Å²) >= 11 is 0. The lowest BCUT2D eigenvalue weighted by atomic mass is 10.2. The summed E-state index contributed by atoms with van der Waals surface area (Å²) in [4.78, 5) is 7.87. The maximum atomic E-state index is 13.0. The summed E-state index contributed by atoms with van der Waals surface area (Å²) in [6.45, 7) is 1.37. The van der Waals surface area contributed by atoms with Crippen LogP contribution in [-0.2, 0) is 22.2 Å². The van der Waals surface area contributed by atoms with Crippen LogP contribution in [0.3, 0.4) is 0 Å². The van der Waals surface area contributed by atoms with Gasteiger partial charge in [-0.05, 0) is 24.3 Å². The fourth-order valence-electron chi connectivity index (χ4n) is 2.91. The summed E-state index contributed by atoms with van der Waals surface area (Å²) in [6.07, 6.45) is -7.30. The van der Waals surface area contributed by atoms with Gasteiger partial charge in [0.15, 0.2) is 32.7 Å². The van der Waals surface area contributed by atoms with Gasteiger partial charge in [-0.25, -0.2) is 27.6 Å². The molecule has 0 aliphatic heterocycles. The summed E-state index contributed by atoms with van der Waals surface area (Å²) < 4.78 is 104. The number of alkyl halides is 6. The van der Waals surface area contributed by atoms with E-state index in [1.165, 1.54) is 13.0 Å². The molecule has 4 aromatic rings. The van der Waals surface area contributed by atoms with Gasteiger partial charge < -0.3 is 0 Å². The molecule has 0 aliphatic carbocycles. The predicted molar refractivity (Wildman–Crippen MR) is 101 cm³/mol. The Morgan fingerprint density at radius 2 is 1.58 bits per heavy atom. The van der Waals surface area contributed by atoms with E-state index in [1.54, 1.807) is 0 Å². The first-order valence-corrected chi connectivity index (χ1v) is 10.8. The highest BCUT2D eigenvalue weighted by Gasteiger charge is 2.35. The SMILES string of the molecule is CCS(=O)(=O)c1ccc(-n2ccc(C(F)(F)F)n2)nc1-c1ccn2nc(C(F)(F)F)cc2n1. The van der Waals surface area contributed by atoms with Crippen molar-refractivity contribution >= 4 is 15.5 Å². The smallest absolute Gasteiger partial charge is 0.227 e. The second-order valence-electron chi connectivity index (χ2n) is 6.71. The van der Waals surface area contributed by atoms with Crippen LogP contribution in [0.25, 0.3) is 22.9 Å². The first-order valence-electron chi connectivity index (χ1n) is 9.10. The largest absolute Gasteiger partial charge is 0.435 e. The predicted octanol–water partition coefficient (Wildman–Crippen LogP) is 3.81. The van der Waals surface area contributed by atoms with E-state index in [-0.39, 0.29) is 33.5 Å². The Morgan fingerprint density at radius 3 is 2.18 bits per heavy atom. The van der Waals surface area contributed by atoms with Crippen molar-refractivity contribution in [3.63, 3.8) is 0 Å². The quantitative estimate of drug-likeness (QED) is 0.404. The molecule has 0 fully saturated rings. The van der Waals surface area contributed by atoms with E-state index < -0.39 is 33.6 Å². The fraction of sp³-hybridized carbons (Fsp3) is 0.222. The van der Waals surface area contributed by atoms with E-state index in [0.29, 0.717) is 12.1 Å². The lowest BCUT2D eigenvalue weighted by Gasteiger charge is -2.11. The number of halogens is 6. The minimum atomic E-state index is -4.72. The lowest BCUT2D eigenvalue weighted by Crippen LogP contribution is -2.11. The molecular formula is C18H12F6N6O2S. The number of fused-ring (bicyclic) bond motifs is 1. The Bertz CT molecular complexity index is 1460. The monoisotopic (exact) mass is 490 g/mol. The Labute approximate surface area is 181 Å². The number of rotatable bonds is 4. The zero-order valence-electron chi connectivity index (χ0n) is 16.4. The third-order valence-corrected chi connectivity index (χ3v) is 6.29. The van der Waals surface area contributed by atoms with Crippen LogP contribution in [0.1, 0.15) is 18.3 Å². The Kier molecular flexibility index (Phi) is 5.18. The molecule has 0 atom stereocenters. The molecule has 0 aromatic carbocycles. The van der Waals surface area contributed by atoms with E-state index in [2.05, 4.69) is 20.2 Å². The van der Waals surface area contributed by atoms with E-state index in [0.717, 1.165) is 33.7 Å². The first-order chi connectivity index (χ1) is 15.3. The molecule has 0 unspecified atom stereocenters. The zero-order chi connectivity index (χ0) is 24.2. The summed E-state index contributed by atoms with van der Waals surface area (Å²) in [5, 5.41) is 6.77. The molecule has 0 bridgehead atoms. The Balaban J connectivity index is 1.90. The minimum Gasteiger partial charge on any atom is -0.227 e. The van der Waals surface area contributed by atoms with Crippen molar-refractivity contribution in [2.75, 3.05) is 5.75 Å². The number of nitrogens with zero attached hydrogens (tertiary/aromatic N) is 6. The molecule has 33 heavy (non-hydrogen) atoms. The second kappa shape index (κ2) is 7.54. The van der Waals surface area contributed by atoms with Crippen molar-refractivity contribution < 1.29 is 34.8 Å². The van der Waals surface area contributed by atoms with Crippen molar-refractivity contribution in [2.45, 2.75) is 24.2 Å². The number of hydrogen-bond donors (Lipinski definition) is 0. The summed E-state index contributed by atoms with van der Waals surface area (Å²) in [7, 11) is -3.88. The molecule has 4 aromatic heterocycles. The van der Waals surface area contributed by atoms with Crippen molar-refractivity contribution in [3.8, 4) is 17.2 Å².